The zero-order chi connectivity index (χ0) is 15.6. The largest absolute Gasteiger partial charge is 0.379 e. The highest BCUT2D eigenvalue weighted by atomic mass is 32.2. The lowest BCUT2D eigenvalue weighted by atomic mass is 10.1. The summed E-state index contributed by atoms with van der Waals surface area (Å²) in [6.07, 6.45) is 0. The monoisotopic (exact) mass is 305 g/mol. The molecule has 21 heavy (non-hydrogen) atoms. The zero-order valence-electron chi connectivity index (χ0n) is 11.4. The predicted octanol–water partition coefficient (Wildman–Crippen LogP) is 3.08. The predicted molar refractivity (Wildman–Crippen MR) is 74.8 cm³/mol. The third-order valence-corrected chi connectivity index (χ3v) is 3.99. The van der Waals surface area contributed by atoms with Gasteiger partial charge in [-0.2, -0.15) is 13.7 Å². The number of nitrogens with zero attached hydrogens (tertiary/aromatic N) is 1. The molecule has 0 bridgehead atoms. The van der Waals surface area contributed by atoms with Crippen LogP contribution < -0.4 is 4.18 Å². The average molecular weight is 305 g/mol. The maximum Gasteiger partial charge on any atom is 0.339 e. The molecule has 0 radical (unpaired) electrons. The number of hydrogen-bond acceptors (Lipinski definition) is 4. The van der Waals surface area contributed by atoms with Crippen LogP contribution in [0, 0.1) is 31.0 Å². The molecule has 0 atom stereocenters. The highest BCUT2D eigenvalue weighted by Crippen LogP contribution is 2.22. The Labute approximate surface area is 122 Å². The molecular weight excluding hydrogens is 293 g/mol. The normalized spacial score (nSPS) is 11.0. The van der Waals surface area contributed by atoms with E-state index in [1.165, 1.54) is 0 Å². The molecule has 0 unspecified atom stereocenters. The first-order chi connectivity index (χ1) is 9.81. The minimum absolute atomic E-state index is 0.176. The summed E-state index contributed by atoms with van der Waals surface area (Å²) in [5.74, 6) is -0.599. The second-order valence-electron chi connectivity index (χ2n) is 4.61. The third-order valence-electron chi connectivity index (χ3n) is 2.75. The minimum Gasteiger partial charge on any atom is -0.379 e. The number of halogens is 1. The third kappa shape index (κ3) is 3.38. The quantitative estimate of drug-likeness (QED) is 0.817. The number of aryl methyl sites for hydroxylation is 2. The topological polar surface area (TPSA) is 67.2 Å². The van der Waals surface area contributed by atoms with E-state index < -0.39 is 15.9 Å². The fourth-order valence-corrected chi connectivity index (χ4v) is 2.84. The molecule has 0 N–H and O–H groups in total. The molecule has 0 heterocycles. The number of hydrogen-bond donors (Lipinski definition) is 0. The smallest absolute Gasteiger partial charge is 0.339 e. The van der Waals surface area contributed by atoms with Gasteiger partial charge in [0.15, 0.2) is 0 Å². The van der Waals surface area contributed by atoms with Gasteiger partial charge in [-0.1, -0.05) is 6.07 Å². The second kappa shape index (κ2) is 5.54. The zero-order valence-corrected chi connectivity index (χ0v) is 12.2. The van der Waals surface area contributed by atoms with Gasteiger partial charge in [-0.05, 0) is 55.3 Å². The first kappa shape index (κ1) is 15.0. The first-order valence-electron chi connectivity index (χ1n) is 6.04. The lowest BCUT2D eigenvalue weighted by Crippen LogP contribution is -2.10. The van der Waals surface area contributed by atoms with E-state index in [4.69, 9.17) is 9.44 Å². The van der Waals surface area contributed by atoms with Crippen molar-refractivity contribution in [2.75, 3.05) is 0 Å². The summed E-state index contributed by atoms with van der Waals surface area (Å²) >= 11 is 0. The summed E-state index contributed by atoms with van der Waals surface area (Å²) in [7, 11) is -4.11. The van der Waals surface area contributed by atoms with E-state index in [-0.39, 0.29) is 16.2 Å². The Balaban J connectivity index is 2.41. The molecule has 0 fully saturated rings. The second-order valence-corrected chi connectivity index (χ2v) is 6.16. The number of rotatable bonds is 3. The molecule has 2 aromatic carbocycles. The van der Waals surface area contributed by atoms with E-state index >= 15 is 0 Å². The van der Waals surface area contributed by atoms with Crippen molar-refractivity contribution in [3.8, 4) is 11.8 Å². The summed E-state index contributed by atoms with van der Waals surface area (Å²) in [6.45, 7) is 3.64. The SMILES string of the molecule is Cc1cc(C)cc(OS(=O)(=O)c2ccc(F)c(C#N)c2)c1. The van der Waals surface area contributed by atoms with Crippen molar-refractivity contribution in [1.82, 2.24) is 0 Å². The molecule has 108 valence electrons. The van der Waals surface area contributed by atoms with Crippen molar-refractivity contribution in [1.29, 1.82) is 5.26 Å². The van der Waals surface area contributed by atoms with E-state index in [1.54, 1.807) is 18.2 Å². The average Bonchev–Trinajstić information content (AvgIpc) is 2.37. The summed E-state index contributed by atoms with van der Waals surface area (Å²) in [6, 6.07) is 9.58. The van der Waals surface area contributed by atoms with Gasteiger partial charge in [-0.3, -0.25) is 0 Å². The van der Waals surface area contributed by atoms with Crippen LogP contribution in [-0.2, 0) is 10.1 Å². The number of benzene rings is 2. The lowest BCUT2D eigenvalue weighted by Gasteiger charge is -2.09. The fourth-order valence-electron chi connectivity index (χ4n) is 1.90. The van der Waals surface area contributed by atoms with Gasteiger partial charge < -0.3 is 4.18 Å². The maximum absolute atomic E-state index is 13.2. The summed E-state index contributed by atoms with van der Waals surface area (Å²) < 4.78 is 42.6. The van der Waals surface area contributed by atoms with Crippen molar-refractivity contribution in [2.24, 2.45) is 0 Å². The van der Waals surface area contributed by atoms with E-state index in [2.05, 4.69) is 0 Å². The van der Waals surface area contributed by atoms with E-state index in [0.717, 1.165) is 29.3 Å². The summed E-state index contributed by atoms with van der Waals surface area (Å²) in [5.41, 5.74) is 1.37. The minimum atomic E-state index is -4.11. The Hall–Kier alpha value is -2.39. The molecule has 0 aromatic heterocycles. The van der Waals surface area contributed by atoms with Crippen LogP contribution >= 0.6 is 0 Å². The molecule has 0 saturated heterocycles. The Morgan fingerprint density at radius 2 is 1.71 bits per heavy atom. The fraction of sp³-hybridized carbons (Fsp3) is 0.133. The van der Waals surface area contributed by atoms with Gasteiger partial charge in [0.25, 0.3) is 0 Å². The molecule has 0 aliphatic rings. The van der Waals surface area contributed by atoms with E-state index in [1.807, 2.05) is 19.9 Å². The molecule has 0 amide bonds. The van der Waals surface area contributed by atoms with E-state index in [0.29, 0.717) is 0 Å². The first-order valence-corrected chi connectivity index (χ1v) is 7.45. The Bertz CT molecular complexity index is 818. The number of nitriles is 1. The van der Waals surface area contributed by atoms with Crippen molar-refractivity contribution in [2.45, 2.75) is 18.7 Å². The van der Waals surface area contributed by atoms with Crippen LogP contribution in [-0.4, -0.2) is 8.42 Å². The van der Waals surface area contributed by atoms with Gasteiger partial charge >= 0.3 is 10.1 Å². The molecule has 0 aliphatic heterocycles. The molecule has 2 aromatic rings. The summed E-state index contributed by atoms with van der Waals surface area (Å²) in [5, 5.41) is 8.75. The van der Waals surface area contributed by atoms with Gasteiger partial charge in [0.2, 0.25) is 0 Å². The molecule has 0 saturated carbocycles. The highest BCUT2D eigenvalue weighted by molar-refractivity contribution is 7.87. The molecule has 4 nitrogen and oxygen atoms in total. The van der Waals surface area contributed by atoms with Crippen molar-refractivity contribution >= 4 is 10.1 Å². The molecular formula is C15H12FNO3S. The molecule has 0 spiro atoms. The van der Waals surface area contributed by atoms with Crippen LogP contribution in [0.15, 0.2) is 41.3 Å². The van der Waals surface area contributed by atoms with Crippen LogP contribution in [0.2, 0.25) is 0 Å². The van der Waals surface area contributed by atoms with Crippen molar-refractivity contribution < 1.29 is 17.0 Å². The van der Waals surface area contributed by atoms with Gasteiger partial charge in [-0.15, -0.1) is 0 Å². The van der Waals surface area contributed by atoms with Gasteiger partial charge in [0.1, 0.15) is 22.5 Å². The van der Waals surface area contributed by atoms with Crippen molar-refractivity contribution in [3.05, 3.63) is 58.9 Å². The maximum atomic E-state index is 13.2. The van der Waals surface area contributed by atoms with Crippen molar-refractivity contribution in [3.63, 3.8) is 0 Å². The van der Waals surface area contributed by atoms with Crippen LogP contribution in [0.4, 0.5) is 4.39 Å². The Morgan fingerprint density at radius 3 is 2.29 bits per heavy atom. The van der Waals surface area contributed by atoms with Gasteiger partial charge in [0, 0.05) is 0 Å². The van der Waals surface area contributed by atoms with Gasteiger partial charge in [-0.25, -0.2) is 4.39 Å². The Morgan fingerprint density at radius 1 is 1.10 bits per heavy atom. The lowest BCUT2D eigenvalue weighted by molar-refractivity contribution is 0.485. The van der Waals surface area contributed by atoms with Crippen LogP contribution in [0.5, 0.6) is 5.75 Å². The van der Waals surface area contributed by atoms with Crippen LogP contribution in [0.25, 0.3) is 0 Å². The molecule has 0 aliphatic carbocycles. The standard InChI is InChI=1S/C15H12FNO3S/c1-10-5-11(2)7-13(6-10)20-21(18,19)14-3-4-15(16)12(8-14)9-17/h3-8H,1-2H3. The highest BCUT2D eigenvalue weighted by Gasteiger charge is 2.19. The molecule has 6 heteroatoms. The van der Waals surface area contributed by atoms with Crippen LogP contribution in [0.1, 0.15) is 16.7 Å². The van der Waals surface area contributed by atoms with Gasteiger partial charge in [0.05, 0.1) is 5.56 Å². The Kier molecular flexibility index (Phi) is 3.96. The van der Waals surface area contributed by atoms with E-state index in [9.17, 15) is 12.8 Å². The molecule has 2 rings (SSSR count). The van der Waals surface area contributed by atoms with Crippen LogP contribution in [0.3, 0.4) is 0 Å². The summed E-state index contributed by atoms with van der Waals surface area (Å²) in [4.78, 5) is -0.264.